The number of fused-ring (bicyclic) bond motifs is 1. The summed E-state index contributed by atoms with van der Waals surface area (Å²) in [6, 6.07) is 26.0. The highest BCUT2D eigenvalue weighted by Crippen LogP contribution is 2.34. The predicted molar refractivity (Wildman–Crippen MR) is 174 cm³/mol. The molecule has 0 unspecified atom stereocenters. The molecule has 0 saturated carbocycles. The van der Waals surface area contributed by atoms with Gasteiger partial charge < -0.3 is 19.1 Å². The van der Waals surface area contributed by atoms with Crippen LogP contribution >= 0.6 is 11.3 Å². The van der Waals surface area contributed by atoms with Gasteiger partial charge in [0.15, 0.2) is 4.96 Å². The average molecular weight is 611 g/mol. The van der Waals surface area contributed by atoms with E-state index in [1.165, 1.54) is 0 Å². The molecule has 0 spiro atoms. The van der Waals surface area contributed by atoms with Crippen molar-refractivity contribution in [3.8, 4) is 22.8 Å². The highest BCUT2D eigenvalue weighted by atomic mass is 32.1. The zero-order valence-electron chi connectivity index (χ0n) is 25.2. The molecule has 6 rings (SSSR count). The molecule has 3 aromatic carbocycles. The number of rotatable bonds is 12. The lowest BCUT2D eigenvalue weighted by molar-refractivity contribution is -0.132. The van der Waals surface area contributed by atoms with Crippen molar-refractivity contribution < 1.29 is 19.0 Å². The van der Waals surface area contributed by atoms with Crippen LogP contribution < -0.4 is 9.47 Å². The van der Waals surface area contributed by atoms with Gasteiger partial charge in [0.1, 0.15) is 11.5 Å². The van der Waals surface area contributed by atoms with Crippen LogP contribution in [-0.2, 0) is 16.0 Å². The highest BCUT2D eigenvalue weighted by Gasteiger charge is 2.28. The smallest absolute Gasteiger partial charge is 0.234 e. The summed E-state index contributed by atoms with van der Waals surface area (Å²) in [5, 5.41) is 2.14. The second-order valence-corrected chi connectivity index (χ2v) is 11.7. The number of methoxy groups -OCH3 is 2. The van der Waals surface area contributed by atoms with Gasteiger partial charge in [-0.3, -0.25) is 14.1 Å². The summed E-state index contributed by atoms with van der Waals surface area (Å²) in [5.74, 6) is 1.24. The first kappa shape index (κ1) is 29.9. The zero-order valence-corrected chi connectivity index (χ0v) is 26.0. The summed E-state index contributed by atoms with van der Waals surface area (Å²) in [4.78, 5) is 24.7. The lowest BCUT2D eigenvalue weighted by atomic mass is 9.90. The first-order valence-corrected chi connectivity index (χ1v) is 15.9. The molecule has 0 bridgehead atoms. The number of amides is 1. The molecule has 228 valence electrons. The highest BCUT2D eigenvalue weighted by molar-refractivity contribution is 7.15. The van der Waals surface area contributed by atoms with Crippen LogP contribution in [0.4, 0.5) is 0 Å². The number of aromatic nitrogens is 2. The quantitative estimate of drug-likeness (QED) is 0.183. The normalized spacial score (nSPS) is 13.8. The first-order valence-electron chi connectivity index (χ1n) is 15.0. The number of imidazole rings is 1. The van der Waals surface area contributed by atoms with Gasteiger partial charge in [-0.15, -0.1) is 11.3 Å². The van der Waals surface area contributed by atoms with Gasteiger partial charge in [0.25, 0.3) is 0 Å². The van der Waals surface area contributed by atoms with Crippen LogP contribution in [0.5, 0.6) is 11.5 Å². The maximum absolute atomic E-state index is 14.5. The minimum absolute atomic E-state index is 0.120. The number of carbonyl (C=O) groups is 1. The van der Waals surface area contributed by atoms with Crippen molar-refractivity contribution in [2.45, 2.75) is 12.3 Å². The van der Waals surface area contributed by atoms with E-state index < -0.39 is 0 Å². The van der Waals surface area contributed by atoms with Gasteiger partial charge >= 0.3 is 0 Å². The summed E-state index contributed by atoms with van der Waals surface area (Å²) < 4.78 is 18.8. The third-order valence-electron chi connectivity index (χ3n) is 8.22. The molecule has 5 aromatic rings. The summed E-state index contributed by atoms with van der Waals surface area (Å²) >= 11 is 1.60. The Morgan fingerprint density at radius 1 is 0.955 bits per heavy atom. The van der Waals surface area contributed by atoms with Gasteiger partial charge in [0, 0.05) is 62.0 Å². The largest absolute Gasteiger partial charge is 0.497 e. The molecule has 0 N–H and O–H groups in total. The van der Waals surface area contributed by atoms with Crippen LogP contribution in [0.15, 0.2) is 90.4 Å². The van der Waals surface area contributed by atoms with E-state index in [4.69, 9.17) is 19.2 Å². The Bertz CT molecular complexity index is 1620. The SMILES string of the molecule is COc1ccc(OC)c(-c2cn3c(CCN(CCN4CCOCC4)C(=O)C(c4ccccc4)c4ccccc4)csc3n2)c1. The van der Waals surface area contributed by atoms with Crippen molar-refractivity contribution in [2.75, 3.05) is 60.2 Å². The van der Waals surface area contributed by atoms with Crippen molar-refractivity contribution >= 4 is 22.2 Å². The average Bonchev–Trinajstić information content (AvgIpc) is 3.67. The van der Waals surface area contributed by atoms with E-state index in [9.17, 15) is 4.79 Å². The summed E-state index contributed by atoms with van der Waals surface area (Å²) in [6.45, 7) is 5.31. The molecule has 44 heavy (non-hydrogen) atoms. The van der Waals surface area contributed by atoms with Gasteiger partial charge in [-0.1, -0.05) is 60.7 Å². The predicted octanol–water partition coefficient (Wildman–Crippen LogP) is 5.62. The van der Waals surface area contributed by atoms with E-state index in [1.807, 2.05) is 59.5 Å². The number of carbonyl (C=O) groups excluding carboxylic acids is 1. The second-order valence-electron chi connectivity index (χ2n) is 10.9. The van der Waals surface area contributed by atoms with Gasteiger partial charge in [-0.2, -0.15) is 0 Å². The Morgan fingerprint density at radius 3 is 2.32 bits per heavy atom. The van der Waals surface area contributed by atoms with Crippen LogP contribution in [0, 0.1) is 0 Å². The molecule has 0 radical (unpaired) electrons. The molecular formula is C35H38N4O4S. The van der Waals surface area contributed by atoms with Gasteiger partial charge in [0.2, 0.25) is 5.91 Å². The maximum atomic E-state index is 14.5. The summed E-state index contributed by atoms with van der Waals surface area (Å²) in [5.41, 5.74) is 4.83. The monoisotopic (exact) mass is 610 g/mol. The topological polar surface area (TPSA) is 68.5 Å². The number of hydrogen-bond acceptors (Lipinski definition) is 7. The van der Waals surface area contributed by atoms with Gasteiger partial charge in [-0.25, -0.2) is 4.98 Å². The van der Waals surface area contributed by atoms with Crippen molar-refractivity contribution in [2.24, 2.45) is 0 Å². The van der Waals surface area contributed by atoms with Crippen LogP contribution in [0.3, 0.4) is 0 Å². The Labute approximate surface area is 262 Å². The Morgan fingerprint density at radius 2 is 1.66 bits per heavy atom. The van der Waals surface area contributed by atoms with E-state index in [2.05, 4.69) is 45.1 Å². The summed E-state index contributed by atoms with van der Waals surface area (Å²) in [6.07, 6.45) is 2.76. The molecule has 9 heteroatoms. The number of thiazole rings is 1. The third-order valence-corrected chi connectivity index (χ3v) is 9.11. The lowest BCUT2D eigenvalue weighted by Gasteiger charge is -2.32. The van der Waals surface area contributed by atoms with Gasteiger partial charge in [0.05, 0.1) is 39.0 Å². The third kappa shape index (κ3) is 6.65. The second kappa shape index (κ2) is 14.1. The van der Waals surface area contributed by atoms with E-state index in [-0.39, 0.29) is 11.8 Å². The van der Waals surface area contributed by atoms with Crippen molar-refractivity contribution in [1.29, 1.82) is 0 Å². The molecule has 2 aromatic heterocycles. The molecule has 8 nitrogen and oxygen atoms in total. The molecular weight excluding hydrogens is 572 g/mol. The number of morpholine rings is 1. The summed E-state index contributed by atoms with van der Waals surface area (Å²) in [7, 11) is 3.32. The molecule has 1 aliphatic rings. The lowest BCUT2D eigenvalue weighted by Crippen LogP contribution is -2.45. The first-order chi connectivity index (χ1) is 21.6. The van der Waals surface area contributed by atoms with Crippen LogP contribution in [-0.4, -0.2) is 85.2 Å². The van der Waals surface area contributed by atoms with E-state index in [0.29, 0.717) is 19.5 Å². The van der Waals surface area contributed by atoms with Crippen LogP contribution in [0.25, 0.3) is 16.2 Å². The zero-order chi connectivity index (χ0) is 30.3. The maximum Gasteiger partial charge on any atom is 0.234 e. The number of benzene rings is 3. The van der Waals surface area contributed by atoms with Crippen molar-refractivity contribution in [1.82, 2.24) is 19.2 Å². The minimum Gasteiger partial charge on any atom is -0.497 e. The fourth-order valence-corrected chi connectivity index (χ4v) is 6.68. The fraction of sp³-hybridized carbons (Fsp3) is 0.314. The van der Waals surface area contributed by atoms with Crippen molar-refractivity contribution in [3.63, 3.8) is 0 Å². The molecule has 1 saturated heterocycles. The molecule has 1 aliphatic heterocycles. The Kier molecular flexibility index (Phi) is 9.55. The number of hydrogen-bond donors (Lipinski definition) is 0. The molecule has 0 aliphatic carbocycles. The molecule has 1 fully saturated rings. The minimum atomic E-state index is -0.370. The number of nitrogens with zero attached hydrogens (tertiary/aromatic N) is 4. The van der Waals surface area contributed by atoms with E-state index >= 15 is 0 Å². The van der Waals surface area contributed by atoms with E-state index in [0.717, 1.165) is 77.4 Å². The van der Waals surface area contributed by atoms with Gasteiger partial charge in [-0.05, 0) is 29.3 Å². The van der Waals surface area contributed by atoms with Crippen molar-refractivity contribution in [3.05, 3.63) is 107 Å². The Balaban J connectivity index is 1.27. The Hall–Kier alpha value is -4.18. The van der Waals surface area contributed by atoms with Crippen LogP contribution in [0.2, 0.25) is 0 Å². The van der Waals surface area contributed by atoms with Crippen LogP contribution in [0.1, 0.15) is 22.7 Å². The standard InChI is InChI=1S/C35H38N4O4S/c1-41-29-13-14-32(42-2)30(23-29)31-24-39-28(25-44-35(39)36-31)15-16-38(18-17-37-19-21-43-22-20-37)34(40)33(26-9-5-3-6-10-26)27-11-7-4-8-12-27/h3-14,23-25,33H,15-22H2,1-2H3. The van der Waals surface area contributed by atoms with E-state index in [1.54, 1.807) is 25.6 Å². The molecule has 1 amide bonds. The molecule has 3 heterocycles. The fourth-order valence-electron chi connectivity index (χ4n) is 5.77. The number of ether oxygens (including phenoxy) is 3. The molecule has 0 atom stereocenters.